The molecule has 1 N–H and O–H groups in total. The van der Waals surface area contributed by atoms with E-state index in [1.807, 2.05) is 18.2 Å². The minimum absolute atomic E-state index is 0.0570. The van der Waals surface area contributed by atoms with Gasteiger partial charge in [-0.05, 0) is 50.3 Å². The van der Waals surface area contributed by atoms with Gasteiger partial charge in [-0.15, -0.1) is 0 Å². The van der Waals surface area contributed by atoms with Crippen LogP contribution in [0.5, 0.6) is 5.75 Å². The van der Waals surface area contributed by atoms with Crippen LogP contribution in [0.3, 0.4) is 0 Å². The maximum absolute atomic E-state index is 12.7. The Hall–Kier alpha value is -1.66. The van der Waals surface area contributed by atoms with Crippen LogP contribution in [0.25, 0.3) is 10.1 Å². The molecular weight excluding hydrogens is 310 g/mol. The number of carbonyl (C=O) groups is 1. The van der Waals surface area contributed by atoms with E-state index >= 15 is 0 Å². The molecule has 0 radical (unpaired) electrons. The molecule has 2 bridgehead atoms. The molecule has 5 nitrogen and oxygen atoms in total. The first-order chi connectivity index (χ1) is 11.2. The molecule has 1 aromatic carbocycles. The molecule has 2 unspecified atom stereocenters. The number of amides is 1. The van der Waals surface area contributed by atoms with Crippen LogP contribution >= 0.6 is 11.5 Å². The predicted molar refractivity (Wildman–Crippen MR) is 91.2 cm³/mol. The summed E-state index contributed by atoms with van der Waals surface area (Å²) in [5, 5.41) is 4.09. The Morgan fingerprint density at radius 1 is 1.35 bits per heavy atom. The van der Waals surface area contributed by atoms with E-state index in [0.717, 1.165) is 28.7 Å². The second-order valence-electron chi connectivity index (χ2n) is 6.56. The second kappa shape index (κ2) is 5.76. The topological polar surface area (TPSA) is 54.5 Å². The average Bonchev–Trinajstić information content (AvgIpc) is 3.05. The fourth-order valence-corrected chi connectivity index (χ4v) is 4.91. The lowest BCUT2D eigenvalue weighted by molar-refractivity contribution is 0.0880. The van der Waals surface area contributed by atoms with Crippen molar-refractivity contribution in [3.05, 3.63) is 23.9 Å². The number of benzene rings is 1. The first kappa shape index (κ1) is 14.9. The number of rotatable bonds is 3. The molecule has 2 aliphatic rings. The average molecular weight is 331 g/mol. The van der Waals surface area contributed by atoms with Crippen LogP contribution < -0.4 is 10.1 Å². The summed E-state index contributed by atoms with van der Waals surface area (Å²) in [6.07, 6.45) is 4.60. The molecule has 1 aromatic heterocycles. The van der Waals surface area contributed by atoms with E-state index in [4.69, 9.17) is 4.74 Å². The van der Waals surface area contributed by atoms with Gasteiger partial charge in [0, 0.05) is 23.5 Å². The van der Waals surface area contributed by atoms with Crippen LogP contribution in [0.15, 0.2) is 18.2 Å². The van der Waals surface area contributed by atoms with Gasteiger partial charge in [0.2, 0.25) is 0 Å². The van der Waals surface area contributed by atoms with E-state index in [9.17, 15) is 4.79 Å². The Morgan fingerprint density at radius 2 is 2.09 bits per heavy atom. The second-order valence-corrected chi connectivity index (χ2v) is 7.33. The number of fused-ring (bicyclic) bond motifs is 3. The fourth-order valence-electron chi connectivity index (χ4n) is 4.04. The van der Waals surface area contributed by atoms with Crippen molar-refractivity contribution in [3.8, 4) is 5.75 Å². The summed E-state index contributed by atoms with van der Waals surface area (Å²) in [7, 11) is 3.85. The van der Waals surface area contributed by atoms with Crippen molar-refractivity contribution < 1.29 is 9.53 Å². The Kier molecular flexibility index (Phi) is 3.73. The van der Waals surface area contributed by atoms with Crippen LogP contribution in [-0.2, 0) is 0 Å². The molecule has 2 aliphatic heterocycles. The summed E-state index contributed by atoms with van der Waals surface area (Å²) in [6.45, 7) is 0. The zero-order valence-corrected chi connectivity index (χ0v) is 14.2. The molecule has 3 heterocycles. The molecule has 6 heteroatoms. The zero-order chi connectivity index (χ0) is 16.0. The van der Waals surface area contributed by atoms with E-state index in [-0.39, 0.29) is 11.9 Å². The minimum atomic E-state index is -0.0570. The van der Waals surface area contributed by atoms with Gasteiger partial charge in [0.15, 0.2) is 0 Å². The third kappa shape index (κ3) is 2.50. The first-order valence-corrected chi connectivity index (χ1v) is 8.90. The third-order valence-corrected chi connectivity index (χ3v) is 6.21. The van der Waals surface area contributed by atoms with Crippen molar-refractivity contribution in [2.75, 3.05) is 14.2 Å². The van der Waals surface area contributed by atoms with Gasteiger partial charge < -0.3 is 15.0 Å². The van der Waals surface area contributed by atoms with Crippen molar-refractivity contribution in [1.82, 2.24) is 14.6 Å². The standard InChI is InChI=1S/C17H21N3O2S/c1-20-11-6-7-12(20)9-10(8-11)18-17(21)15-13-4-3-5-14(22-2)16(13)23-19-15/h3-5,10-12H,6-9H2,1-2H3,(H,18,21). The zero-order valence-electron chi connectivity index (χ0n) is 13.4. The predicted octanol–water partition coefficient (Wildman–Crippen LogP) is 2.66. The normalized spacial score (nSPS) is 27.3. The Morgan fingerprint density at radius 3 is 2.78 bits per heavy atom. The molecule has 4 rings (SSSR count). The van der Waals surface area contributed by atoms with Crippen LogP contribution in [-0.4, -0.2) is 47.5 Å². The van der Waals surface area contributed by atoms with Crippen LogP contribution in [0.4, 0.5) is 0 Å². The lowest BCUT2D eigenvalue weighted by atomic mass is 9.98. The van der Waals surface area contributed by atoms with Gasteiger partial charge in [0.25, 0.3) is 5.91 Å². The lowest BCUT2D eigenvalue weighted by Gasteiger charge is -2.36. The quantitative estimate of drug-likeness (QED) is 0.939. The molecule has 2 fully saturated rings. The third-order valence-electron chi connectivity index (χ3n) is 5.33. The number of aromatic nitrogens is 1. The van der Waals surface area contributed by atoms with Gasteiger partial charge >= 0.3 is 0 Å². The number of nitrogens with one attached hydrogen (secondary N) is 1. The number of hydrogen-bond donors (Lipinski definition) is 1. The molecule has 2 aromatic rings. The summed E-state index contributed by atoms with van der Waals surface area (Å²) in [4.78, 5) is 15.2. The van der Waals surface area contributed by atoms with E-state index in [2.05, 4.69) is 21.6 Å². The highest BCUT2D eigenvalue weighted by Crippen LogP contribution is 2.35. The molecule has 23 heavy (non-hydrogen) atoms. The smallest absolute Gasteiger partial charge is 0.271 e. The molecular formula is C17H21N3O2S. The maximum Gasteiger partial charge on any atom is 0.271 e. The summed E-state index contributed by atoms with van der Waals surface area (Å²) in [5.74, 6) is 0.717. The molecule has 1 amide bonds. The van der Waals surface area contributed by atoms with Crippen LogP contribution in [0, 0.1) is 0 Å². The van der Waals surface area contributed by atoms with E-state index in [0.29, 0.717) is 17.8 Å². The lowest BCUT2D eigenvalue weighted by Crippen LogP contribution is -2.48. The molecule has 0 spiro atoms. The van der Waals surface area contributed by atoms with Gasteiger partial charge in [-0.25, -0.2) is 0 Å². The molecule has 0 saturated carbocycles. The largest absolute Gasteiger partial charge is 0.495 e. The number of ether oxygens (including phenoxy) is 1. The monoisotopic (exact) mass is 331 g/mol. The summed E-state index contributed by atoms with van der Waals surface area (Å²) >= 11 is 1.33. The number of methoxy groups -OCH3 is 1. The SMILES string of the molecule is COc1cccc2c(C(=O)NC3CC4CCC(C3)N4C)nsc12. The van der Waals surface area contributed by atoms with E-state index < -0.39 is 0 Å². The first-order valence-electron chi connectivity index (χ1n) is 8.12. The molecule has 2 saturated heterocycles. The van der Waals surface area contributed by atoms with Crippen molar-refractivity contribution in [2.24, 2.45) is 0 Å². The highest BCUT2D eigenvalue weighted by molar-refractivity contribution is 7.14. The van der Waals surface area contributed by atoms with Gasteiger partial charge in [0.1, 0.15) is 11.4 Å². The Labute approximate surface area is 139 Å². The summed E-state index contributed by atoms with van der Waals surface area (Å²) in [5.41, 5.74) is 0.523. The Balaban J connectivity index is 1.54. The highest BCUT2D eigenvalue weighted by atomic mass is 32.1. The summed E-state index contributed by atoms with van der Waals surface area (Å²) < 4.78 is 10.7. The Bertz CT molecular complexity index is 731. The van der Waals surface area contributed by atoms with Crippen LogP contribution in [0.1, 0.15) is 36.2 Å². The van der Waals surface area contributed by atoms with Gasteiger partial charge in [-0.1, -0.05) is 12.1 Å². The number of piperidine rings is 1. The maximum atomic E-state index is 12.7. The fraction of sp³-hybridized carbons (Fsp3) is 0.529. The molecule has 2 atom stereocenters. The number of carbonyl (C=O) groups excluding carboxylic acids is 1. The molecule has 122 valence electrons. The van der Waals surface area contributed by atoms with Crippen molar-refractivity contribution in [3.63, 3.8) is 0 Å². The van der Waals surface area contributed by atoms with Crippen LogP contribution in [0.2, 0.25) is 0 Å². The minimum Gasteiger partial charge on any atom is -0.495 e. The van der Waals surface area contributed by atoms with Crippen molar-refractivity contribution in [1.29, 1.82) is 0 Å². The summed E-state index contributed by atoms with van der Waals surface area (Å²) in [6, 6.07) is 7.24. The van der Waals surface area contributed by atoms with Crippen molar-refractivity contribution >= 4 is 27.5 Å². The highest BCUT2D eigenvalue weighted by Gasteiger charge is 2.39. The number of nitrogens with zero attached hydrogens (tertiary/aromatic N) is 2. The van der Waals surface area contributed by atoms with E-state index in [1.54, 1.807) is 7.11 Å². The van der Waals surface area contributed by atoms with Gasteiger partial charge in [0.05, 0.1) is 11.8 Å². The van der Waals surface area contributed by atoms with Crippen molar-refractivity contribution in [2.45, 2.75) is 43.8 Å². The van der Waals surface area contributed by atoms with Gasteiger partial charge in [-0.2, -0.15) is 4.37 Å². The number of hydrogen-bond acceptors (Lipinski definition) is 5. The van der Waals surface area contributed by atoms with Gasteiger partial charge in [-0.3, -0.25) is 4.79 Å². The van der Waals surface area contributed by atoms with E-state index in [1.165, 1.54) is 24.4 Å². The molecule has 0 aliphatic carbocycles.